The highest BCUT2D eigenvalue weighted by molar-refractivity contribution is 5.81. The maximum atomic E-state index is 12.5. The van der Waals surface area contributed by atoms with Crippen LogP contribution in [0.5, 0.6) is 5.75 Å². The third-order valence-electron chi connectivity index (χ3n) is 6.21. The largest absolute Gasteiger partial charge is 0.573 e. The summed E-state index contributed by atoms with van der Waals surface area (Å²) in [6.07, 6.45) is -2.17. The molecule has 0 amide bonds. The number of carboxylic acids is 1. The van der Waals surface area contributed by atoms with E-state index >= 15 is 0 Å². The molecule has 1 aliphatic carbocycles. The lowest BCUT2D eigenvalue weighted by atomic mass is 10.0. The van der Waals surface area contributed by atoms with Gasteiger partial charge in [-0.05, 0) is 72.7 Å². The third-order valence-corrected chi connectivity index (χ3v) is 6.21. The lowest BCUT2D eigenvalue weighted by Gasteiger charge is -2.23. The highest BCUT2D eigenvalue weighted by Crippen LogP contribution is 2.46. The summed E-state index contributed by atoms with van der Waals surface area (Å²) >= 11 is 0. The summed E-state index contributed by atoms with van der Waals surface area (Å²) in [5.74, 6) is -0.172. The zero-order valence-corrected chi connectivity index (χ0v) is 19.2. The highest BCUT2D eigenvalue weighted by atomic mass is 19.4. The fourth-order valence-electron chi connectivity index (χ4n) is 4.48. The summed E-state index contributed by atoms with van der Waals surface area (Å²) in [5.41, 5.74) is 4.20. The number of hydrogen-bond acceptors (Lipinski definition) is 4. The van der Waals surface area contributed by atoms with Crippen molar-refractivity contribution in [2.24, 2.45) is 5.92 Å². The van der Waals surface area contributed by atoms with Crippen LogP contribution >= 0.6 is 0 Å². The van der Waals surface area contributed by atoms with Crippen molar-refractivity contribution in [3.63, 3.8) is 0 Å². The minimum atomic E-state index is -4.76. The number of benzene rings is 3. The molecule has 2 N–H and O–H groups in total. The molecule has 1 aliphatic rings. The Hall–Kier alpha value is -4.01. The quantitative estimate of drug-likeness (QED) is 0.270. The number of nitrogens with one attached hydrogen (secondary N) is 1. The monoisotopic (exact) mass is 495 g/mol. The minimum Gasteiger partial charge on any atom is -0.481 e. The van der Waals surface area contributed by atoms with Crippen LogP contribution in [-0.4, -0.2) is 27.0 Å². The molecule has 3 aromatic carbocycles. The Labute approximate surface area is 205 Å². The van der Waals surface area contributed by atoms with E-state index in [0.29, 0.717) is 24.0 Å². The first-order valence-electron chi connectivity index (χ1n) is 11.7. The fraction of sp³-hybridized carbons (Fsp3) is 0.259. The van der Waals surface area contributed by atoms with E-state index in [-0.39, 0.29) is 18.2 Å². The van der Waals surface area contributed by atoms with Crippen LogP contribution in [0.2, 0.25) is 0 Å². The molecule has 1 saturated carbocycles. The van der Waals surface area contributed by atoms with Gasteiger partial charge in [0.2, 0.25) is 5.95 Å². The Balaban J connectivity index is 1.55. The molecule has 1 heterocycles. The van der Waals surface area contributed by atoms with Gasteiger partial charge in [-0.3, -0.25) is 4.79 Å². The number of aryl methyl sites for hydroxylation is 1. The van der Waals surface area contributed by atoms with Gasteiger partial charge in [-0.25, -0.2) is 4.98 Å². The zero-order chi connectivity index (χ0) is 25.3. The van der Waals surface area contributed by atoms with Gasteiger partial charge in [0, 0.05) is 12.1 Å². The second-order valence-electron chi connectivity index (χ2n) is 8.91. The van der Waals surface area contributed by atoms with Crippen molar-refractivity contribution in [1.82, 2.24) is 9.55 Å². The predicted octanol–water partition coefficient (Wildman–Crippen LogP) is 6.70. The first kappa shape index (κ1) is 23.7. The molecule has 0 bridgehead atoms. The van der Waals surface area contributed by atoms with Gasteiger partial charge in [0.05, 0.1) is 17.1 Å². The molecule has 1 aromatic heterocycles. The van der Waals surface area contributed by atoms with Crippen molar-refractivity contribution in [3.05, 3.63) is 83.9 Å². The van der Waals surface area contributed by atoms with Crippen molar-refractivity contribution in [3.8, 4) is 5.75 Å². The molecule has 0 aliphatic heterocycles. The van der Waals surface area contributed by atoms with E-state index in [4.69, 9.17) is 10.1 Å². The number of imidazole rings is 1. The molecule has 0 unspecified atom stereocenters. The summed E-state index contributed by atoms with van der Waals surface area (Å²) in [4.78, 5) is 15.9. The number of nitrogens with zero attached hydrogens (tertiary/aromatic N) is 2. The SMILES string of the molecule is O=C(O)CCc1ccc2c(c1)nc(Nc1ccc(OC(F)(F)F)cc1)n2[C@@H](c1ccccc1)C1CC1. The van der Waals surface area contributed by atoms with E-state index in [9.17, 15) is 18.0 Å². The average molecular weight is 496 g/mol. The molecule has 0 spiro atoms. The standard InChI is InChI=1S/C27H24F3N3O3/c28-27(29,30)36-21-12-10-20(11-13-21)31-26-32-22-16-17(7-15-24(34)35)6-14-23(22)33(26)25(19-8-9-19)18-4-2-1-3-5-18/h1-6,10-14,16,19,25H,7-9,15H2,(H,31,32)(H,34,35)/t25-/m0/s1. The van der Waals surface area contributed by atoms with Gasteiger partial charge in [0.25, 0.3) is 0 Å². The number of hydrogen-bond donors (Lipinski definition) is 2. The summed E-state index contributed by atoms with van der Waals surface area (Å²) < 4.78 is 43.7. The fourth-order valence-corrected chi connectivity index (χ4v) is 4.48. The molecule has 6 nitrogen and oxygen atoms in total. The first-order valence-corrected chi connectivity index (χ1v) is 11.7. The molecule has 5 rings (SSSR count). The number of alkyl halides is 3. The Morgan fingerprint density at radius 3 is 2.44 bits per heavy atom. The summed E-state index contributed by atoms with van der Waals surface area (Å²) in [5, 5.41) is 12.3. The number of halogens is 3. The third kappa shape index (κ3) is 5.45. The molecule has 4 aromatic rings. The van der Waals surface area contributed by atoms with Gasteiger partial charge in [-0.2, -0.15) is 0 Å². The number of carbonyl (C=O) groups is 1. The van der Waals surface area contributed by atoms with E-state index < -0.39 is 12.3 Å². The lowest BCUT2D eigenvalue weighted by molar-refractivity contribution is -0.274. The number of aromatic nitrogens is 2. The molecule has 1 fully saturated rings. The zero-order valence-electron chi connectivity index (χ0n) is 19.2. The smallest absolute Gasteiger partial charge is 0.481 e. The van der Waals surface area contributed by atoms with E-state index in [1.54, 1.807) is 0 Å². The van der Waals surface area contributed by atoms with Gasteiger partial charge in [-0.15, -0.1) is 13.2 Å². The summed E-state index contributed by atoms with van der Waals surface area (Å²) in [6.45, 7) is 0. The van der Waals surface area contributed by atoms with Gasteiger partial charge in [-0.1, -0.05) is 36.4 Å². The molecule has 1 atom stereocenters. The van der Waals surface area contributed by atoms with Crippen LogP contribution in [0.1, 0.15) is 36.4 Å². The molecule has 186 valence electrons. The van der Waals surface area contributed by atoms with Gasteiger partial charge in [0.1, 0.15) is 5.75 Å². The van der Waals surface area contributed by atoms with Crippen LogP contribution in [0.25, 0.3) is 11.0 Å². The van der Waals surface area contributed by atoms with Crippen molar-refractivity contribution < 1.29 is 27.8 Å². The normalized spacial score (nSPS) is 14.5. The van der Waals surface area contributed by atoms with E-state index in [1.807, 2.05) is 36.4 Å². The van der Waals surface area contributed by atoms with Gasteiger partial charge in [0.15, 0.2) is 0 Å². The number of rotatable bonds is 9. The second kappa shape index (κ2) is 9.56. The minimum absolute atomic E-state index is 0.0244. The van der Waals surface area contributed by atoms with Crippen molar-refractivity contribution in [2.45, 2.75) is 38.1 Å². The second-order valence-corrected chi connectivity index (χ2v) is 8.91. The maximum absolute atomic E-state index is 12.5. The Morgan fingerprint density at radius 1 is 1.08 bits per heavy atom. The molecule has 0 radical (unpaired) electrons. The highest BCUT2D eigenvalue weighted by Gasteiger charge is 2.36. The van der Waals surface area contributed by atoms with E-state index in [0.717, 1.165) is 35.0 Å². The van der Waals surface area contributed by atoms with E-state index in [2.05, 4.69) is 26.8 Å². The molecular weight excluding hydrogens is 471 g/mol. The molecule has 9 heteroatoms. The van der Waals surface area contributed by atoms with Crippen molar-refractivity contribution in [2.75, 3.05) is 5.32 Å². The van der Waals surface area contributed by atoms with E-state index in [1.165, 1.54) is 24.3 Å². The van der Waals surface area contributed by atoms with Gasteiger partial charge >= 0.3 is 12.3 Å². The molecule has 0 saturated heterocycles. The van der Waals surface area contributed by atoms with Crippen LogP contribution in [0, 0.1) is 5.92 Å². The Kier molecular flexibility index (Phi) is 6.30. The van der Waals surface area contributed by atoms with Crippen molar-refractivity contribution in [1.29, 1.82) is 0 Å². The predicted molar refractivity (Wildman–Crippen MR) is 129 cm³/mol. The van der Waals surface area contributed by atoms with Crippen LogP contribution < -0.4 is 10.1 Å². The number of aliphatic carboxylic acids is 1. The topological polar surface area (TPSA) is 76.4 Å². The number of anilines is 2. The van der Waals surface area contributed by atoms with Crippen LogP contribution in [0.3, 0.4) is 0 Å². The van der Waals surface area contributed by atoms with Crippen molar-refractivity contribution >= 4 is 28.6 Å². The first-order chi connectivity index (χ1) is 17.3. The van der Waals surface area contributed by atoms with Crippen LogP contribution in [-0.2, 0) is 11.2 Å². The van der Waals surface area contributed by atoms with Crippen LogP contribution in [0.4, 0.5) is 24.8 Å². The lowest BCUT2D eigenvalue weighted by Crippen LogP contribution is -2.17. The Bertz CT molecular complexity index is 1360. The molecule has 36 heavy (non-hydrogen) atoms. The average Bonchev–Trinajstić information content (AvgIpc) is 3.61. The number of ether oxygens (including phenoxy) is 1. The number of fused-ring (bicyclic) bond motifs is 1. The maximum Gasteiger partial charge on any atom is 0.573 e. The summed E-state index contributed by atoms with van der Waals surface area (Å²) in [7, 11) is 0. The Morgan fingerprint density at radius 2 is 1.81 bits per heavy atom. The van der Waals surface area contributed by atoms with Gasteiger partial charge < -0.3 is 19.7 Å². The number of carboxylic acid groups (broad SMARTS) is 1. The molecular formula is C27H24F3N3O3. The van der Waals surface area contributed by atoms with Crippen LogP contribution in [0.15, 0.2) is 72.8 Å². The summed E-state index contributed by atoms with van der Waals surface area (Å²) in [6, 6.07) is 21.5.